The third-order valence-corrected chi connectivity index (χ3v) is 4.00. The zero-order valence-corrected chi connectivity index (χ0v) is 14.3. The molecule has 0 aliphatic carbocycles. The number of carbonyl (C=O) groups excluding carboxylic acids is 1. The van der Waals surface area contributed by atoms with Crippen LogP contribution >= 0.6 is 11.6 Å². The van der Waals surface area contributed by atoms with Gasteiger partial charge < -0.3 is 5.32 Å². The van der Waals surface area contributed by atoms with E-state index in [9.17, 15) is 9.59 Å². The van der Waals surface area contributed by atoms with Crippen LogP contribution in [0.3, 0.4) is 0 Å². The van der Waals surface area contributed by atoms with Gasteiger partial charge in [-0.05, 0) is 37.3 Å². The lowest BCUT2D eigenvalue weighted by Crippen LogP contribution is -2.33. The van der Waals surface area contributed by atoms with Crippen LogP contribution in [0, 0.1) is 0 Å². The smallest absolute Gasteiger partial charge is 0.267 e. The number of nitrogens with zero attached hydrogens (tertiary/aromatic N) is 2. The summed E-state index contributed by atoms with van der Waals surface area (Å²) in [5, 5.41) is 7.68. The molecule has 1 heterocycles. The summed E-state index contributed by atoms with van der Waals surface area (Å²) < 4.78 is 1.19. The molecule has 1 N–H and O–H groups in total. The number of anilines is 1. The lowest BCUT2D eigenvalue weighted by atomic mass is 10.1. The van der Waals surface area contributed by atoms with Gasteiger partial charge in [-0.15, -0.1) is 0 Å². The Labute approximate surface area is 149 Å². The van der Waals surface area contributed by atoms with Gasteiger partial charge in [-0.1, -0.05) is 41.9 Å². The summed E-state index contributed by atoms with van der Waals surface area (Å²) in [7, 11) is 0. The molecule has 6 heteroatoms. The molecule has 0 bridgehead atoms. The van der Waals surface area contributed by atoms with E-state index in [-0.39, 0.29) is 11.5 Å². The number of benzene rings is 2. The molecule has 0 saturated heterocycles. The van der Waals surface area contributed by atoms with Gasteiger partial charge in [0.2, 0.25) is 5.91 Å². The normalized spacial score (nSPS) is 11.8. The lowest BCUT2D eigenvalue weighted by Gasteiger charge is -2.15. The van der Waals surface area contributed by atoms with Gasteiger partial charge >= 0.3 is 0 Å². The van der Waals surface area contributed by atoms with E-state index in [0.717, 1.165) is 5.56 Å². The highest BCUT2D eigenvalue weighted by atomic mass is 35.5. The van der Waals surface area contributed by atoms with Crippen LogP contribution in [-0.2, 0) is 4.79 Å². The number of carbonyl (C=O) groups is 1. The van der Waals surface area contributed by atoms with E-state index < -0.39 is 6.04 Å². The van der Waals surface area contributed by atoms with Crippen LogP contribution in [0.4, 0.5) is 5.69 Å². The molecule has 1 atom stereocenters. The number of halogens is 1. The molecule has 0 aliphatic rings. The minimum atomic E-state index is -0.758. The van der Waals surface area contributed by atoms with Gasteiger partial charge in [0, 0.05) is 22.3 Å². The maximum atomic E-state index is 12.5. The van der Waals surface area contributed by atoms with E-state index >= 15 is 0 Å². The number of rotatable bonds is 4. The number of hydrogen-bond donors (Lipinski definition) is 1. The standard InChI is InChI=1S/C19H16ClN3O2/c1-13(19(25)21-16-9-7-15(20)8-10-16)23-18(24)12-11-17(22-23)14-5-3-2-4-6-14/h2-13H,1H3,(H,21,25)/t13-/m0/s1. The fraction of sp³-hybridized carbons (Fsp3) is 0.105. The molecule has 25 heavy (non-hydrogen) atoms. The van der Waals surface area contributed by atoms with Gasteiger partial charge in [0.25, 0.3) is 5.56 Å². The molecule has 0 fully saturated rings. The van der Waals surface area contributed by atoms with E-state index in [0.29, 0.717) is 16.4 Å². The van der Waals surface area contributed by atoms with E-state index in [2.05, 4.69) is 10.4 Å². The molecule has 3 aromatic rings. The van der Waals surface area contributed by atoms with Gasteiger partial charge in [-0.2, -0.15) is 5.10 Å². The molecule has 126 valence electrons. The van der Waals surface area contributed by atoms with Crippen molar-refractivity contribution in [3.05, 3.63) is 82.1 Å². The highest BCUT2D eigenvalue weighted by Crippen LogP contribution is 2.17. The Morgan fingerprint density at radius 1 is 1.04 bits per heavy atom. The number of aromatic nitrogens is 2. The van der Waals surface area contributed by atoms with Gasteiger partial charge in [-0.3, -0.25) is 9.59 Å². The Hall–Kier alpha value is -2.92. The SMILES string of the molecule is C[C@@H](C(=O)Nc1ccc(Cl)cc1)n1nc(-c2ccccc2)ccc1=O. The minimum absolute atomic E-state index is 0.331. The van der Waals surface area contributed by atoms with Crippen molar-refractivity contribution in [2.75, 3.05) is 5.32 Å². The average molecular weight is 354 g/mol. The van der Waals surface area contributed by atoms with Crippen molar-refractivity contribution in [2.24, 2.45) is 0 Å². The van der Waals surface area contributed by atoms with Crippen LogP contribution < -0.4 is 10.9 Å². The van der Waals surface area contributed by atoms with Gasteiger partial charge in [-0.25, -0.2) is 4.68 Å². The zero-order chi connectivity index (χ0) is 17.8. The molecule has 0 saturated carbocycles. The van der Waals surface area contributed by atoms with Gasteiger partial charge in [0.1, 0.15) is 6.04 Å². The summed E-state index contributed by atoms with van der Waals surface area (Å²) in [5.41, 5.74) is 1.78. The fourth-order valence-corrected chi connectivity index (χ4v) is 2.48. The fourth-order valence-electron chi connectivity index (χ4n) is 2.36. The maximum absolute atomic E-state index is 12.5. The first-order valence-corrected chi connectivity index (χ1v) is 8.14. The third-order valence-electron chi connectivity index (χ3n) is 3.75. The van der Waals surface area contributed by atoms with Crippen LogP contribution in [0.2, 0.25) is 5.02 Å². The van der Waals surface area contributed by atoms with Crippen molar-refractivity contribution in [2.45, 2.75) is 13.0 Å². The van der Waals surface area contributed by atoms with Crippen molar-refractivity contribution < 1.29 is 4.79 Å². The summed E-state index contributed by atoms with van der Waals surface area (Å²) in [4.78, 5) is 24.6. The van der Waals surface area contributed by atoms with Crippen LogP contribution in [0.25, 0.3) is 11.3 Å². The predicted octanol–water partition coefficient (Wildman–Crippen LogP) is 3.76. The van der Waals surface area contributed by atoms with Crippen LogP contribution in [-0.4, -0.2) is 15.7 Å². The predicted molar refractivity (Wildman–Crippen MR) is 98.7 cm³/mol. The Bertz CT molecular complexity index is 937. The van der Waals surface area contributed by atoms with Crippen molar-refractivity contribution in [3.8, 4) is 11.3 Å². The molecule has 0 spiro atoms. The molecule has 3 rings (SSSR count). The quantitative estimate of drug-likeness (QED) is 0.776. The Morgan fingerprint density at radius 3 is 2.40 bits per heavy atom. The number of nitrogens with one attached hydrogen (secondary N) is 1. The van der Waals surface area contributed by atoms with Crippen molar-refractivity contribution in [3.63, 3.8) is 0 Å². The lowest BCUT2D eigenvalue weighted by molar-refractivity contribution is -0.119. The first-order valence-electron chi connectivity index (χ1n) is 7.76. The van der Waals surface area contributed by atoms with E-state index in [1.54, 1.807) is 37.3 Å². The minimum Gasteiger partial charge on any atom is -0.324 e. The molecule has 0 radical (unpaired) electrons. The first kappa shape index (κ1) is 16.9. The van der Waals surface area contributed by atoms with Crippen molar-refractivity contribution in [1.82, 2.24) is 9.78 Å². The second-order valence-electron chi connectivity index (χ2n) is 5.54. The molecular weight excluding hydrogens is 338 g/mol. The Balaban J connectivity index is 1.86. The molecule has 0 unspecified atom stereocenters. The monoisotopic (exact) mass is 353 g/mol. The van der Waals surface area contributed by atoms with E-state index in [1.807, 2.05) is 30.3 Å². The second-order valence-corrected chi connectivity index (χ2v) is 5.98. The van der Waals surface area contributed by atoms with Gasteiger partial charge in [0.15, 0.2) is 0 Å². The highest BCUT2D eigenvalue weighted by Gasteiger charge is 2.18. The van der Waals surface area contributed by atoms with E-state index in [4.69, 9.17) is 11.6 Å². The second kappa shape index (κ2) is 7.32. The Kier molecular flexibility index (Phi) is 4.95. The molecular formula is C19H16ClN3O2. The zero-order valence-electron chi connectivity index (χ0n) is 13.5. The Morgan fingerprint density at radius 2 is 1.72 bits per heavy atom. The molecule has 5 nitrogen and oxygen atoms in total. The highest BCUT2D eigenvalue weighted by molar-refractivity contribution is 6.30. The van der Waals surface area contributed by atoms with Crippen molar-refractivity contribution in [1.29, 1.82) is 0 Å². The number of amides is 1. The third kappa shape index (κ3) is 3.95. The van der Waals surface area contributed by atoms with Crippen LogP contribution in [0.1, 0.15) is 13.0 Å². The first-order chi connectivity index (χ1) is 12.0. The average Bonchev–Trinajstić information content (AvgIpc) is 2.64. The molecule has 0 aliphatic heterocycles. The van der Waals surface area contributed by atoms with Crippen molar-refractivity contribution >= 4 is 23.2 Å². The van der Waals surface area contributed by atoms with Crippen LogP contribution in [0.5, 0.6) is 0 Å². The molecule has 1 aromatic heterocycles. The maximum Gasteiger partial charge on any atom is 0.267 e. The van der Waals surface area contributed by atoms with E-state index in [1.165, 1.54) is 10.7 Å². The summed E-state index contributed by atoms with van der Waals surface area (Å²) in [6, 6.07) is 18.6. The molecule has 2 aromatic carbocycles. The summed E-state index contributed by atoms with van der Waals surface area (Å²) in [6.07, 6.45) is 0. The summed E-state index contributed by atoms with van der Waals surface area (Å²) in [5.74, 6) is -0.331. The number of hydrogen-bond acceptors (Lipinski definition) is 3. The topological polar surface area (TPSA) is 64.0 Å². The van der Waals surface area contributed by atoms with Crippen LogP contribution in [0.15, 0.2) is 71.5 Å². The molecule has 1 amide bonds. The largest absolute Gasteiger partial charge is 0.324 e. The van der Waals surface area contributed by atoms with Gasteiger partial charge in [0.05, 0.1) is 5.69 Å². The summed E-state index contributed by atoms with van der Waals surface area (Å²) in [6.45, 7) is 1.63. The summed E-state index contributed by atoms with van der Waals surface area (Å²) >= 11 is 5.83.